The molecular weight excluding hydrogens is 182 g/mol. The molecule has 1 aliphatic heterocycles. The van der Waals surface area contributed by atoms with Gasteiger partial charge in [0, 0.05) is 11.3 Å². The van der Waals surface area contributed by atoms with Gasteiger partial charge < -0.3 is 0 Å². The maximum Gasteiger partial charge on any atom is 0.236 e. The molecule has 0 saturated carbocycles. The van der Waals surface area contributed by atoms with Crippen LogP contribution in [0.15, 0.2) is 0 Å². The SMILES string of the molecule is Cc1[nH]nc(N2CC(=O)CC2=O)c1C. The summed E-state index contributed by atoms with van der Waals surface area (Å²) in [6.07, 6.45) is 0.00531. The highest BCUT2D eigenvalue weighted by molar-refractivity contribution is 6.14. The van der Waals surface area contributed by atoms with Crippen LogP contribution >= 0.6 is 0 Å². The van der Waals surface area contributed by atoms with Crippen molar-refractivity contribution in [3.05, 3.63) is 11.3 Å². The molecule has 1 aromatic heterocycles. The number of nitrogens with one attached hydrogen (secondary N) is 1. The molecule has 0 spiro atoms. The van der Waals surface area contributed by atoms with Crippen molar-refractivity contribution in [1.29, 1.82) is 0 Å². The molecule has 0 bridgehead atoms. The number of hydrogen-bond acceptors (Lipinski definition) is 3. The van der Waals surface area contributed by atoms with Crippen molar-refractivity contribution in [2.45, 2.75) is 20.3 Å². The molecule has 1 amide bonds. The smallest absolute Gasteiger partial charge is 0.236 e. The number of rotatable bonds is 1. The second kappa shape index (κ2) is 2.94. The van der Waals surface area contributed by atoms with E-state index in [4.69, 9.17) is 0 Å². The summed E-state index contributed by atoms with van der Waals surface area (Å²) in [4.78, 5) is 23.9. The van der Waals surface area contributed by atoms with E-state index in [-0.39, 0.29) is 24.7 Å². The van der Waals surface area contributed by atoms with E-state index >= 15 is 0 Å². The number of ketones is 1. The third-order valence-electron chi connectivity index (χ3n) is 2.47. The second-order valence-electron chi connectivity index (χ2n) is 3.49. The Kier molecular flexibility index (Phi) is 1.87. The molecule has 0 unspecified atom stereocenters. The lowest BCUT2D eigenvalue weighted by molar-refractivity contribution is -0.121. The van der Waals surface area contributed by atoms with Crippen LogP contribution in [0.3, 0.4) is 0 Å². The summed E-state index contributed by atoms with van der Waals surface area (Å²) < 4.78 is 0. The van der Waals surface area contributed by atoms with Crippen LogP contribution in [0.4, 0.5) is 5.82 Å². The van der Waals surface area contributed by atoms with Crippen molar-refractivity contribution in [2.75, 3.05) is 11.4 Å². The first kappa shape index (κ1) is 8.93. The fraction of sp³-hybridized carbons (Fsp3) is 0.444. The molecule has 1 fully saturated rings. The summed E-state index contributed by atoms with van der Waals surface area (Å²) in [6, 6.07) is 0. The van der Waals surface area contributed by atoms with Gasteiger partial charge in [-0.3, -0.25) is 19.6 Å². The van der Waals surface area contributed by atoms with Crippen LogP contribution in [0, 0.1) is 13.8 Å². The zero-order valence-electron chi connectivity index (χ0n) is 8.13. The summed E-state index contributed by atoms with van der Waals surface area (Å²) >= 11 is 0. The van der Waals surface area contributed by atoms with Gasteiger partial charge in [-0.05, 0) is 13.8 Å². The monoisotopic (exact) mass is 193 g/mol. The lowest BCUT2D eigenvalue weighted by atomic mass is 10.2. The summed E-state index contributed by atoms with van der Waals surface area (Å²) in [5.74, 6) is 0.373. The average molecular weight is 193 g/mol. The maximum absolute atomic E-state index is 11.4. The first-order chi connectivity index (χ1) is 6.59. The second-order valence-corrected chi connectivity index (χ2v) is 3.49. The van der Waals surface area contributed by atoms with Crippen molar-refractivity contribution >= 4 is 17.5 Å². The van der Waals surface area contributed by atoms with E-state index in [0.717, 1.165) is 11.3 Å². The zero-order valence-corrected chi connectivity index (χ0v) is 8.13. The molecule has 1 N–H and O–H groups in total. The van der Waals surface area contributed by atoms with Gasteiger partial charge in [0.2, 0.25) is 5.91 Å². The predicted octanol–water partition coefficient (Wildman–Crippen LogP) is 0.332. The van der Waals surface area contributed by atoms with Crippen LogP contribution in [0.1, 0.15) is 17.7 Å². The number of anilines is 1. The number of aryl methyl sites for hydroxylation is 1. The normalized spacial score (nSPS) is 16.9. The number of Topliss-reactive ketones (excluding diaryl/α,β-unsaturated/α-hetero) is 1. The number of carbonyl (C=O) groups excluding carboxylic acids is 2. The molecule has 1 saturated heterocycles. The summed E-state index contributed by atoms with van der Waals surface area (Å²) in [5.41, 5.74) is 1.85. The molecule has 1 aliphatic rings. The number of aromatic nitrogens is 2. The topological polar surface area (TPSA) is 66.1 Å². The molecule has 0 radical (unpaired) electrons. The van der Waals surface area contributed by atoms with Crippen molar-refractivity contribution < 1.29 is 9.59 Å². The van der Waals surface area contributed by atoms with E-state index in [9.17, 15) is 9.59 Å². The highest BCUT2D eigenvalue weighted by Crippen LogP contribution is 2.22. The molecule has 5 nitrogen and oxygen atoms in total. The Labute approximate surface area is 81.1 Å². The minimum absolute atomic E-state index is 0.00531. The van der Waals surface area contributed by atoms with Crippen LogP contribution in [0.25, 0.3) is 0 Å². The van der Waals surface area contributed by atoms with Crippen molar-refractivity contribution in [3.63, 3.8) is 0 Å². The van der Waals surface area contributed by atoms with E-state index in [1.807, 2.05) is 13.8 Å². The third-order valence-corrected chi connectivity index (χ3v) is 2.47. The van der Waals surface area contributed by atoms with Gasteiger partial charge in [0.05, 0.1) is 13.0 Å². The molecule has 74 valence electrons. The van der Waals surface area contributed by atoms with Crippen molar-refractivity contribution in [3.8, 4) is 0 Å². The van der Waals surface area contributed by atoms with E-state index in [1.165, 1.54) is 4.90 Å². The van der Waals surface area contributed by atoms with E-state index in [1.54, 1.807) is 0 Å². The molecule has 1 aromatic rings. The lowest BCUT2D eigenvalue weighted by Crippen LogP contribution is -2.25. The fourth-order valence-electron chi connectivity index (χ4n) is 1.51. The minimum Gasteiger partial charge on any atom is -0.297 e. The van der Waals surface area contributed by atoms with Crippen molar-refractivity contribution in [2.24, 2.45) is 0 Å². The Hall–Kier alpha value is -1.65. The highest BCUT2D eigenvalue weighted by atomic mass is 16.2. The largest absolute Gasteiger partial charge is 0.297 e. The van der Waals surface area contributed by atoms with Crippen LogP contribution in [0.5, 0.6) is 0 Å². The van der Waals surface area contributed by atoms with Gasteiger partial charge in [-0.25, -0.2) is 0 Å². The molecule has 5 heteroatoms. The van der Waals surface area contributed by atoms with E-state index in [0.29, 0.717) is 5.82 Å². The van der Waals surface area contributed by atoms with Gasteiger partial charge in [-0.1, -0.05) is 0 Å². The summed E-state index contributed by atoms with van der Waals surface area (Å²) in [5, 5.41) is 6.80. The fourth-order valence-corrected chi connectivity index (χ4v) is 1.51. The number of aromatic amines is 1. The number of nitrogens with zero attached hydrogens (tertiary/aromatic N) is 2. The molecule has 0 aromatic carbocycles. The average Bonchev–Trinajstić information content (AvgIpc) is 2.59. The van der Waals surface area contributed by atoms with Gasteiger partial charge >= 0.3 is 0 Å². The predicted molar refractivity (Wildman–Crippen MR) is 50.0 cm³/mol. The molecule has 0 aliphatic carbocycles. The number of amides is 1. The standard InChI is InChI=1S/C9H11N3O2/c1-5-6(2)10-11-9(5)12-4-7(13)3-8(12)14/h3-4H2,1-2H3,(H,10,11). The van der Waals surface area contributed by atoms with E-state index in [2.05, 4.69) is 10.2 Å². The highest BCUT2D eigenvalue weighted by Gasteiger charge is 2.31. The molecule has 2 rings (SSSR count). The molecular formula is C9H11N3O2. The van der Waals surface area contributed by atoms with Crippen LogP contribution in [-0.2, 0) is 9.59 Å². The molecule has 2 heterocycles. The molecule has 0 atom stereocenters. The first-order valence-corrected chi connectivity index (χ1v) is 4.43. The Morgan fingerprint density at radius 2 is 2.07 bits per heavy atom. The molecule has 14 heavy (non-hydrogen) atoms. The number of carbonyl (C=O) groups is 2. The lowest BCUT2D eigenvalue weighted by Gasteiger charge is -2.11. The van der Waals surface area contributed by atoms with Crippen LogP contribution in [-0.4, -0.2) is 28.4 Å². The van der Waals surface area contributed by atoms with Gasteiger partial charge in [0.15, 0.2) is 11.6 Å². The van der Waals surface area contributed by atoms with Gasteiger partial charge in [-0.15, -0.1) is 0 Å². The zero-order chi connectivity index (χ0) is 10.3. The Morgan fingerprint density at radius 1 is 1.36 bits per heavy atom. The number of hydrogen-bond donors (Lipinski definition) is 1. The van der Waals surface area contributed by atoms with Gasteiger partial charge in [-0.2, -0.15) is 5.10 Å². The third kappa shape index (κ3) is 1.21. The van der Waals surface area contributed by atoms with Crippen molar-refractivity contribution in [1.82, 2.24) is 10.2 Å². The Bertz CT molecular complexity index is 408. The maximum atomic E-state index is 11.4. The van der Waals surface area contributed by atoms with Gasteiger partial charge in [0.1, 0.15) is 0 Å². The summed E-state index contributed by atoms with van der Waals surface area (Å²) in [7, 11) is 0. The first-order valence-electron chi connectivity index (χ1n) is 4.43. The quantitative estimate of drug-likeness (QED) is 0.654. The Morgan fingerprint density at radius 3 is 2.50 bits per heavy atom. The number of H-pyrrole nitrogens is 1. The van der Waals surface area contributed by atoms with E-state index < -0.39 is 0 Å². The van der Waals surface area contributed by atoms with Gasteiger partial charge in [0.25, 0.3) is 0 Å². The minimum atomic E-state index is -0.162. The van der Waals surface area contributed by atoms with Crippen LogP contribution < -0.4 is 4.90 Å². The summed E-state index contributed by atoms with van der Waals surface area (Å²) in [6.45, 7) is 3.92. The Balaban J connectivity index is 2.36. The van der Waals surface area contributed by atoms with Crippen LogP contribution in [0.2, 0.25) is 0 Å².